The fourth-order valence-corrected chi connectivity index (χ4v) is 3.65. The van der Waals surface area contributed by atoms with Gasteiger partial charge in [-0.05, 0) is 31.0 Å². The highest BCUT2D eigenvalue weighted by Crippen LogP contribution is 2.24. The second kappa shape index (κ2) is 8.31. The number of aryl methyl sites for hydroxylation is 2. The van der Waals surface area contributed by atoms with Crippen LogP contribution in [0.25, 0.3) is 22.6 Å². The highest BCUT2D eigenvalue weighted by Gasteiger charge is 2.21. The Kier molecular flexibility index (Phi) is 5.56. The molecule has 0 atom stereocenters. The Morgan fingerprint density at radius 1 is 1.00 bits per heavy atom. The average molecular weight is 422 g/mol. The van der Waals surface area contributed by atoms with E-state index in [2.05, 4.69) is 4.98 Å². The van der Waals surface area contributed by atoms with E-state index in [9.17, 15) is 14.0 Å². The molecule has 0 radical (unpaired) electrons. The summed E-state index contributed by atoms with van der Waals surface area (Å²) in [5.41, 5.74) is 2.32. The summed E-state index contributed by atoms with van der Waals surface area (Å²) >= 11 is 0. The second-order valence-electron chi connectivity index (χ2n) is 7.56. The predicted octanol–water partition coefficient (Wildman–Crippen LogP) is 2.44. The van der Waals surface area contributed by atoms with Crippen LogP contribution in [0.3, 0.4) is 0 Å². The Hall–Kier alpha value is -3.52. The number of aromatic nitrogens is 4. The molecule has 2 heterocycles. The Morgan fingerprint density at radius 2 is 1.68 bits per heavy atom. The van der Waals surface area contributed by atoms with E-state index in [-0.39, 0.29) is 37.6 Å². The maximum atomic E-state index is 13.4. The van der Waals surface area contributed by atoms with E-state index < -0.39 is 11.2 Å². The van der Waals surface area contributed by atoms with E-state index in [1.165, 1.54) is 16.7 Å². The van der Waals surface area contributed by atoms with Gasteiger partial charge in [-0.15, -0.1) is 0 Å². The highest BCUT2D eigenvalue weighted by atomic mass is 19.1. The van der Waals surface area contributed by atoms with E-state index in [4.69, 9.17) is 5.11 Å². The van der Waals surface area contributed by atoms with Gasteiger partial charge in [-0.25, -0.2) is 14.2 Å². The molecule has 0 aliphatic heterocycles. The van der Waals surface area contributed by atoms with Gasteiger partial charge in [0.25, 0.3) is 5.56 Å². The number of fused-ring (bicyclic) bond motifs is 1. The summed E-state index contributed by atoms with van der Waals surface area (Å²) in [5, 5.41) is 9.17. The molecule has 0 aliphatic carbocycles. The number of aliphatic hydroxyl groups is 1. The topological polar surface area (TPSA) is 82.1 Å². The smallest absolute Gasteiger partial charge is 0.332 e. The quantitative estimate of drug-likeness (QED) is 0.518. The first-order chi connectivity index (χ1) is 14.9. The van der Waals surface area contributed by atoms with E-state index in [0.29, 0.717) is 11.3 Å². The molecule has 0 bridgehead atoms. The largest absolute Gasteiger partial charge is 0.396 e. The maximum Gasteiger partial charge on any atom is 0.332 e. The van der Waals surface area contributed by atoms with Gasteiger partial charge in [-0.2, -0.15) is 0 Å². The van der Waals surface area contributed by atoms with Gasteiger partial charge in [0, 0.05) is 32.3 Å². The number of imidazole rings is 1. The number of rotatable bonds is 6. The van der Waals surface area contributed by atoms with Crippen molar-refractivity contribution in [2.75, 3.05) is 6.61 Å². The first-order valence-corrected chi connectivity index (χ1v) is 10.0. The number of hydrogen-bond donors (Lipinski definition) is 1. The zero-order valence-corrected chi connectivity index (χ0v) is 17.4. The molecule has 2 aromatic carbocycles. The molecule has 0 saturated carbocycles. The molecule has 0 aliphatic rings. The normalized spacial score (nSPS) is 11.4. The van der Waals surface area contributed by atoms with Crippen LogP contribution in [-0.4, -0.2) is 30.4 Å². The Bertz CT molecular complexity index is 1350. The monoisotopic (exact) mass is 422 g/mol. The van der Waals surface area contributed by atoms with Crippen LogP contribution >= 0.6 is 0 Å². The summed E-state index contributed by atoms with van der Waals surface area (Å²) in [4.78, 5) is 30.7. The van der Waals surface area contributed by atoms with Gasteiger partial charge in [-0.1, -0.05) is 42.0 Å². The number of nitrogens with zero attached hydrogens (tertiary/aromatic N) is 4. The SMILES string of the molecule is Cc1ccc(-c2nc3c(c(=O)n(CCCO)c(=O)n3C)n2Cc2ccc(F)cc2)cc1. The van der Waals surface area contributed by atoms with Crippen molar-refractivity contribution in [2.45, 2.75) is 26.4 Å². The number of benzene rings is 2. The summed E-state index contributed by atoms with van der Waals surface area (Å²) in [6, 6.07) is 13.8. The van der Waals surface area contributed by atoms with Gasteiger partial charge < -0.3 is 9.67 Å². The van der Waals surface area contributed by atoms with Crippen LogP contribution < -0.4 is 11.2 Å². The average Bonchev–Trinajstić information content (AvgIpc) is 3.14. The lowest BCUT2D eigenvalue weighted by Gasteiger charge is -2.11. The van der Waals surface area contributed by atoms with Crippen molar-refractivity contribution in [1.29, 1.82) is 0 Å². The lowest BCUT2D eigenvalue weighted by molar-refractivity contribution is 0.277. The van der Waals surface area contributed by atoms with Crippen LogP contribution in [-0.2, 0) is 20.1 Å². The van der Waals surface area contributed by atoms with Gasteiger partial charge >= 0.3 is 5.69 Å². The van der Waals surface area contributed by atoms with Gasteiger partial charge in [0.2, 0.25) is 0 Å². The molecule has 0 spiro atoms. The highest BCUT2D eigenvalue weighted by molar-refractivity contribution is 5.77. The van der Waals surface area contributed by atoms with Crippen molar-refractivity contribution in [3.05, 3.63) is 86.3 Å². The lowest BCUT2D eigenvalue weighted by Crippen LogP contribution is -2.39. The lowest BCUT2D eigenvalue weighted by atomic mass is 10.1. The molecule has 4 rings (SSSR count). The Morgan fingerprint density at radius 3 is 2.32 bits per heavy atom. The van der Waals surface area contributed by atoms with E-state index >= 15 is 0 Å². The zero-order chi connectivity index (χ0) is 22.1. The van der Waals surface area contributed by atoms with Crippen LogP contribution in [0, 0.1) is 12.7 Å². The van der Waals surface area contributed by atoms with Crippen molar-refractivity contribution in [2.24, 2.45) is 7.05 Å². The van der Waals surface area contributed by atoms with Gasteiger partial charge in [-0.3, -0.25) is 13.9 Å². The molecule has 31 heavy (non-hydrogen) atoms. The minimum atomic E-state index is -0.479. The van der Waals surface area contributed by atoms with Crippen molar-refractivity contribution < 1.29 is 9.50 Å². The minimum Gasteiger partial charge on any atom is -0.396 e. The van der Waals surface area contributed by atoms with Crippen LogP contribution in [0.1, 0.15) is 17.5 Å². The van der Waals surface area contributed by atoms with Gasteiger partial charge in [0.05, 0.1) is 0 Å². The number of halogens is 1. The molecule has 2 aromatic heterocycles. The third-order valence-corrected chi connectivity index (χ3v) is 5.34. The van der Waals surface area contributed by atoms with Crippen molar-refractivity contribution in [3.63, 3.8) is 0 Å². The van der Waals surface area contributed by atoms with Gasteiger partial charge in [0.1, 0.15) is 11.6 Å². The van der Waals surface area contributed by atoms with E-state index in [1.54, 1.807) is 23.7 Å². The first kappa shape index (κ1) is 20.7. The summed E-state index contributed by atoms with van der Waals surface area (Å²) in [7, 11) is 1.58. The Labute approximate surface area is 177 Å². The fourth-order valence-electron chi connectivity index (χ4n) is 3.65. The first-order valence-electron chi connectivity index (χ1n) is 10.0. The number of aliphatic hydroxyl groups excluding tert-OH is 1. The molecule has 0 unspecified atom stereocenters. The van der Waals surface area contributed by atoms with Crippen LogP contribution in [0.4, 0.5) is 4.39 Å². The summed E-state index contributed by atoms with van der Waals surface area (Å²) in [6.45, 7) is 2.25. The molecule has 1 N–H and O–H groups in total. The van der Waals surface area contributed by atoms with Crippen LogP contribution in [0.5, 0.6) is 0 Å². The molecule has 4 aromatic rings. The molecule has 7 nitrogen and oxygen atoms in total. The summed E-state index contributed by atoms with van der Waals surface area (Å²) in [6.07, 6.45) is 0.289. The second-order valence-corrected chi connectivity index (χ2v) is 7.56. The third kappa shape index (κ3) is 3.82. The van der Waals surface area contributed by atoms with Crippen molar-refractivity contribution in [1.82, 2.24) is 18.7 Å². The molecule has 0 amide bonds. The summed E-state index contributed by atoms with van der Waals surface area (Å²) < 4.78 is 17.7. The molecule has 0 saturated heterocycles. The summed E-state index contributed by atoms with van der Waals surface area (Å²) in [5.74, 6) is 0.207. The fraction of sp³-hybridized carbons (Fsp3) is 0.261. The van der Waals surface area contributed by atoms with Crippen LogP contribution in [0.2, 0.25) is 0 Å². The zero-order valence-electron chi connectivity index (χ0n) is 17.4. The molecular weight excluding hydrogens is 399 g/mol. The Balaban J connectivity index is 2.01. The van der Waals surface area contributed by atoms with Crippen LogP contribution in [0.15, 0.2) is 58.1 Å². The standard InChI is InChI=1S/C23H23FN4O3/c1-15-4-8-17(9-5-15)20-25-21-19(28(20)14-16-6-10-18(24)11-7-16)22(30)27(12-3-13-29)23(31)26(21)2/h4-11,29H,3,12-14H2,1-2H3. The molecule has 160 valence electrons. The molecule has 8 heteroatoms. The minimum absolute atomic E-state index is 0.111. The van der Waals surface area contributed by atoms with Crippen molar-refractivity contribution in [3.8, 4) is 11.4 Å². The number of hydrogen-bond acceptors (Lipinski definition) is 4. The molecule has 0 fully saturated rings. The van der Waals surface area contributed by atoms with E-state index in [0.717, 1.165) is 21.3 Å². The van der Waals surface area contributed by atoms with E-state index in [1.807, 2.05) is 31.2 Å². The van der Waals surface area contributed by atoms with Gasteiger partial charge in [0.15, 0.2) is 11.2 Å². The third-order valence-electron chi connectivity index (χ3n) is 5.34. The maximum absolute atomic E-state index is 13.4. The predicted molar refractivity (Wildman–Crippen MR) is 117 cm³/mol. The van der Waals surface area contributed by atoms with Crippen molar-refractivity contribution >= 4 is 11.2 Å². The molecular formula is C23H23FN4O3.